The summed E-state index contributed by atoms with van der Waals surface area (Å²) < 4.78 is 38.9. The van der Waals surface area contributed by atoms with Crippen LogP contribution in [0.3, 0.4) is 0 Å². The van der Waals surface area contributed by atoms with E-state index in [-0.39, 0.29) is 0 Å². The Balaban J connectivity index is 0.000000541. The van der Waals surface area contributed by atoms with Crippen LogP contribution in [0.4, 0.5) is 13.2 Å². The molecule has 1 aromatic carbocycles. The number of halogens is 3. The van der Waals surface area contributed by atoms with E-state index in [1.165, 1.54) is 38.5 Å². The van der Waals surface area contributed by atoms with Crippen LogP contribution in [-0.2, 0) is 6.42 Å². The first kappa shape index (κ1) is 19.1. The van der Waals surface area contributed by atoms with Gasteiger partial charge in [0.2, 0.25) is 0 Å². The van der Waals surface area contributed by atoms with Gasteiger partial charge < -0.3 is 0 Å². The molecule has 0 bridgehead atoms. The maximum absolute atomic E-state index is 13.0. The Morgan fingerprint density at radius 2 is 1.41 bits per heavy atom. The molecule has 0 nitrogen and oxygen atoms in total. The molecular weight excluding hydrogens is 285 g/mol. The van der Waals surface area contributed by atoms with Crippen molar-refractivity contribution in [1.29, 1.82) is 0 Å². The fourth-order valence-corrected chi connectivity index (χ4v) is 2.74. The molecule has 0 radical (unpaired) electrons. The zero-order valence-electron chi connectivity index (χ0n) is 14.1. The number of unbranched alkanes of at least 4 members (excludes halogenated alkanes) is 1. The number of hydrogen-bond acceptors (Lipinski definition) is 0. The number of aryl methyl sites for hydroxylation is 1. The van der Waals surface area contributed by atoms with Crippen molar-refractivity contribution in [2.45, 2.75) is 72.1 Å². The number of benzene rings is 1. The summed E-state index contributed by atoms with van der Waals surface area (Å²) in [5.41, 5.74) is 0.560. The van der Waals surface area contributed by atoms with Crippen LogP contribution in [0.25, 0.3) is 0 Å². The molecule has 0 N–H and O–H groups in total. The quantitative estimate of drug-likeness (QED) is 0.544. The molecule has 0 amide bonds. The predicted octanol–water partition coefficient (Wildman–Crippen LogP) is 6.67. The van der Waals surface area contributed by atoms with Crippen molar-refractivity contribution in [3.8, 4) is 0 Å². The third kappa shape index (κ3) is 6.41. The van der Waals surface area contributed by atoms with E-state index in [0.717, 1.165) is 24.5 Å². The topological polar surface area (TPSA) is 0 Å². The summed E-state index contributed by atoms with van der Waals surface area (Å²) in [6.07, 6.45) is 9.11. The summed E-state index contributed by atoms with van der Waals surface area (Å²) in [5.74, 6) is -2.07. The van der Waals surface area contributed by atoms with Gasteiger partial charge in [0.05, 0.1) is 0 Å². The Hall–Kier alpha value is -0.990. The van der Waals surface area contributed by atoms with Gasteiger partial charge in [-0.05, 0) is 42.4 Å². The normalized spacial score (nSPS) is 21.2. The zero-order valence-corrected chi connectivity index (χ0v) is 14.1. The van der Waals surface area contributed by atoms with Gasteiger partial charge in [-0.1, -0.05) is 59.3 Å². The molecule has 1 aliphatic rings. The van der Waals surface area contributed by atoms with Crippen LogP contribution in [0.1, 0.15) is 71.3 Å². The highest BCUT2D eigenvalue weighted by atomic mass is 19.2. The largest absolute Gasteiger partial charge is 0.204 e. The highest BCUT2D eigenvalue weighted by molar-refractivity contribution is 5.19. The smallest absolute Gasteiger partial charge is 0.194 e. The van der Waals surface area contributed by atoms with Gasteiger partial charge in [-0.25, -0.2) is 13.2 Å². The Morgan fingerprint density at radius 1 is 0.909 bits per heavy atom. The minimum Gasteiger partial charge on any atom is -0.204 e. The zero-order chi connectivity index (χ0) is 16.5. The van der Waals surface area contributed by atoms with Gasteiger partial charge in [0.25, 0.3) is 0 Å². The van der Waals surface area contributed by atoms with E-state index in [0.29, 0.717) is 17.9 Å². The lowest BCUT2D eigenvalue weighted by Gasteiger charge is -2.26. The van der Waals surface area contributed by atoms with E-state index in [1.807, 2.05) is 0 Å². The lowest BCUT2D eigenvalue weighted by atomic mass is 9.80. The van der Waals surface area contributed by atoms with Crippen molar-refractivity contribution in [1.82, 2.24) is 0 Å². The molecule has 0 heterocycles. The van der Waals surface area contributed by atoms with Crippen LogP contribution in [0.2, 0.25) is 0 Å². The first-order chi connectivity index (χ1) is 10.5. The second-order valence-electron chi connectivity index (χ2n) is 6.54. The highest BCUT2D eigenvalue weighted by Crippen LogP contribution is 2.31. The lowest BCUT2D eigenvalue weighted by molar-refractivity contribution is 0.277. The molecule has 126 valence electrons. The van der Waals surface area contributed by atoms with E-state index in [1.54, 1.807) is 0 Å². The fraction of sp³-hybridized carbons (Fsp3) is 0.684. The average Bonchev–Trinajstić information content (AvgIpc) is 2.52. The maximum atomic E-state index is 13.0. The number of hydrogen-bond donors (Lipinski definition) is 0. The van der Waals surface area contributed by atoms with Gasteiger partial charge in [-0.2, -0.15) is 0 Å². The van der Waals surface area contributed by atoms with E-state index < -0.39 is 17.5 Å². The van der Waals surface area contributed by atoms with Crippen molar-refractivity contribution >= 4 is 0 Å². The van der Waals surface area contributed by atoms with Crippen LogP contribution in [-0.4, -0.2) is 0 Å². The lowest BCUT2D eigenvalue weighted by Crippen LogP contribution is -2.13. The second-order valence-corrected chi connectivity index (χ2v) is 6.54. The van der Waals surface area contributed by atoms with Crippen molar-refractivity contribution < 1.29 is 13.2 Å². The van der Waals surface area contributed by atoms with Gasteiger partial charge in [0.1, 0.15) is 0 Å². The van der Waals surface area contributed by atoms with Crippen LogP contribution < -0.4 is 0 Å². The predicted molar refractivity (Wildman–Crippen MR) is 86.3 cm³/mol. The summed E-state index contributed by atoms with van der Waals surface area (Å²) in [6, 6.07) is 2.23. The van der Waals surface area contributed by atoms with Crippen molar-refractivity contribution in [2.75, 3.05) is 0 Å². The summed E-state index contributed by atoms with van der Waals surface area (Å²) in [4.78, 5) is 0. The van der Waals surface area contributed by atoms with Gasteiger partial charge in [-0.3, -0.25) is 0 Å². The first-order valence-corrected chi connectivity index (χ1v) is 8.61. The van der Waals surface area contributed by atoms with E-state index in [4.69, 9.17) is 0 Å². The maximum Gasteiger partial charge on any atom is 0.194 e. The molecule has 2 rings (SSSR count). The molecule has 1 aromatic rings. The van der Waals surface area contributed by atoms with Gasteiger partial charge >= 0.3 is 0 Å². The third-order valence-corrected chi connectivity index (χ3v) is 4.52. The molecule has 0 aliphatic heterocycles. The molecular formula is C19H29F3. The van der Waals surface area contributed by atoms with E-state index in [9.17, 15) is 13.2 Å². The Bertz CT molecular complexity index is 409. The second kappa shape index (κ2) is 9.91. The number of rotatable bonds is 4. The standard InChI is InChI=1S/C15H19F3.C4H10/c1-10-2-4-11(5-3-10)6-7-12-8-13(16)15(18)14(17)9-12;1-3-4-2/h8-11H,2-7H2,1H3;3-4H2,1-2H3. The fourth-order valence-electron chi connectivity index (χ4n) is 2.74. The summed E-state index contributed by atoms with van der Waals surface area (Å²) >= 11 is 0. The van der Waals surface area contributed by atoms with Crippen LogP contribution >= 0.6 is 0 Å². The van der Waals surface area contributed by atoms with Gasteiger partial charge in [0, 0.05) is 0 Å². The molecule has 0 atom stereocenters. The van der Waals surface area contributed by atoms with E-state index in [2.05, 4.69) is 20.8 Å². The average molecular weight is 314 g/mol. The Morgan fingerprint density at radius 3 is 1.86 bits per heavy atom. The molecule has 22 heavy (non-hydrogen) atoms. The molecule has 0 saturated heterocycles. The molecule has 1 saturated carbocycles. The van der Waals surface area contributed by atoms with Crippen molar-refractivity contribution in [2.24, 2.45) is 11.8 Å². The SMILES string of the molecule is CC1CCC(CCc2cc(F)c(F)c(F)c2)CC1.CCCC. The summed E-state index contributed by atoms with van der Waals surface area (Å²) in [5, 5.41) is 0. The van der Waals surface area contributed by atoms with Gasteiger partial charge in [0.15, 0.2) is 17.5 Å². The van der Waals surface area contributed by atoms with Crippen LogP contribution in [0, 0.1) is 29.3 Å². The molecule has 1 aliphatic carbocycles. The summed E-state index contributed by atoms with van der Waals surface area (Å²) in [7, 11) is 0. The summed E-state index contributed by atoms with van der Waals surface area (Å²) in [6.45, 7) is 6.63. The van der Waals surface area contributed by atoms with Crippen LogP contribution in [0.15, 0.2) is 12.1 Å². The third-order valence-electron chi connectivity index (χ3n) is 4.52. The highest BCUT2D eigenvalue weighted by Gasteiger charge is 2.18. The van der Waals surface area contributed by atoms with Crippen LogP contribution in [0.5, 0.6) is 0 Å². The molecule has 1 fully saturated rings. The monoisotopic (exact) mass is 314 g/mol. The molecule has 0 spiro atoms. The minimum absolute atomic E-state index is 0.560. The van der Waals surface area contributed by atoms with Crippen molar-refractivity contribution in [3.63, 3.8) is 0 Å². The molecule has 0 unspecified atom stereocenters. The van der Waals surface area contributed by atoms with Gasteiger partial charge in [-0.15, -0.1) is 0 Å². The molecule has 0 aromatic heterocycles. The minimum atomic E-state index is -1.37. The molecule has 3 heteroatoms. The van der Waals surface area contributed by atoms with Crippen molar-refractivity contribution in [3.05, 3.63) is 35.1 Å². The first-order valence-electron chi connectivity index (χ1n) is 8.61. The Kier molecular flexibility index (Phi) is 8.59. The Labute approximate surface area is 133 Å². The van der Waals surface area contributed by atoms with E-state index >= 15 is 0 Å².